The molecule has 3 aliphatic heterocycles. The van der Waals surface area contributed by atoms with Crippen molar-refractivity contribution in [3.63, 3.8) is 0 Å². The third-order valence-electron chi connectivity index (χ3n) is 7.66. The van der Waals surface area contributed by atoms with Crippen molar-refractivity contribution >= 4 is 71.9 Å². The SMILES string of the molecule is Nc1ncnc2c1ncn2[C@H]1C[C@@H]2OP(=O)(S)OC[C@H]3O[C@@H](n4cnc5c4ncn4ccnc54)C[C@@H]3OP(=O)(S)OC[C@H]2O1. The normalized spacial score (nSPS) is 35.0. The molecule has 3 fully saturated rings. The van der Waals surface area contributed by atoms with E-state index in [1.54, 1.807) is 38.6 Å². The van der Waals surface area contributed by atoms with Crippen LogP contribution in [0.15, 0.2) is 37.7 Å². The Labute approximate surface area is 258 Å². The minimum absolute atomic E-state index is 0.185. The molecule has 8 rings (SSSR count). The first-order valence-electron chi connectivity index (χ1n) is 13.3. The predicted octanol–water partition coefficient (Wildman–Crippen LogP) is 2.97. The molecule has 0 aromatic carbocycles. The molecule has 8 heterocycles. The van der Waals surface area contributed by atoms with E-state index in [1.807, 2.05) is 0 Å². The van der Waals surface area contributed by atoms with Crippen LogP contribution in [0.3, 0.4) is 0 Å². The number of hydrogen-bond donors (Lipinski definition) is 3. The van der Waals surface area contributed by atoms with E-state index in [9.17, 15) is 9.13 Å². The number of thiol groups is 2. The lowest BCUT2D eigenvalue weighted by Gasteiger charge is -2.27. The third kappa shape index (κ3) is 5.12. The fourth-order valence-electron chi connectivity index (χ4n) is 5.64. The molecule has 2 N–H and O–H groups in total. The molecule has 0 radical (unpaired) electrons. The van der Waals surface area contributed by atoms with Crippen LogP contribution in [0, 0.1) is 0 Å². The minimum Gasteiger partial charge on any atom is -0.382 e. The second-order valence-electron chi connectivity index (χ2n) is 10.4. The number of ether oxygens (including phenoxy) is 2. The van der Waals surface area contributed by atoms with Crippen LogP contribution in [0.25, 0.3) is 28.0 Å². The van der Waals surface area contributed by atoms with Crippen LogP contribution in [0.5, 0.6) is 0 Å². The first kappa shape index (κ1) is 28.8. The summed E-state index contributed by atoms with van der Waals surface area (Å²) < 4.78 is 67.5. The van der Waals surface area contributed by atoms with E-state index in [4.69, 9.17) is 33.3 Å². The van der Waals surface area contributed by atoms with E-state index >= 15 is 0 Å². The van der Waals surface area contributed by atoms with Crippen molar-refractivity contribution in [3.05, 3.63) is 37.7 Å². The Morgan fingerprint density at radius 1 is 0.727 bits per heavy atom. The zero-order chi connectivity index (χ0) is 30.2. The maximum absolute atomic E-state index is 13.4. The molecular formula is C22H24N10O8P2S2. The molecule has 232 valence electrons. The third-order valence-corrected chi connectivity index (χ3v) is 10.9. The number of aromatic nitrogens is 9. The van der Waals surface area contributed by atoms with E-state index in [2.05, 4.69) is 54.4 Å². The van der Waals surface area contributed by atoms with E-state index < -0.39 is 50.5 Å². The Morgan fingerprint density at radius 2 is 1.32 bits per heavy atom. The summed E-state index contributed by atoms with van der Waals surface area (Å²) >= 11 is 8.44. The molecule has 0 bridgehead atoms. The maximum Gasteiger partial charge on any atom is 0.386 e. The molecule has 44 heavy (non-hydrogen) atoms. The van der Waals surface area contributed by atoms with Crippen LogP contribution >= 0.6 is 38.1 Å². The van der Waals surface area contributed by atoms with Gasteiger partial charge in [-0.3, -0.25) is 31.6 Å². The lowest BCUT2D eigenvalue weighted by atomic mass is 10.2. The van der Waals surface area contributed by atoms with Crippen molar-refractivity contribution in [2.45, 2.75) is 49.7 Å². The molecule has 3 saturated heterocycles. The molecule has 22 heteroatoms. The summed E-state index contributed by atoms with van der Waals surface area (Å²) in [4.78, 5) is 25.8. The summed E-state index contributed by atoms with van der Waals surface area (Å²) in [6, 6.07) is 0. The molecule has 0 aliphatic carbocycles. The highest BCUT2D eigenvalue weighted by Gasteiger charge is 2.47. The fourth-order valence-corrected chi connectivity index (χ4v) is 8.69. The highest BCUT2D eigenvalue weighted by Crippen LogP contribution is 2.60. The number of nitrogens with two attached hydrogens (primary N) is 1. The van der Waals surface area contributed by atoms with Gasteiger partial charge in [0.25, 0.3) is 0 Å². The van der Waals surface area contributed by atoms with Crippen molar-refractivity contribution in [1.82, 2.24) is 43.4 Å². The molecule has 2 unspecified atom stereocenters. The van der Waals surface area contributed by atoms with Crippen molar-refractivity contribution in [1.29, 1.82) is 0 Å². The average molecular weight is 683 g/mol. The largest absolute Gasteiger partial charge is 0.386 e. The molecular weight excluding hydrogens is 658 g/mol. The molecule has 3 aliphatic rings. The van der Waals surface area contributed by atoms with E-state index in [-0.39, 0.29) is 31.9 Å². The number of imidazole rings is 3. The van der Waals surface area contributed by atoms with Gasteiger partial charge >= 0.3 is 13.6 Å². The van der Waals surface area contributed by atoms with Crippen LogP contribution < -0.4 is 5.73 Å². The second-order valence-corrected chi connectivity index (χ2v) is 16.1. The number of fused-ring (bicyclic) bond motifs is 6. The van der Waals surface area contributed by atoms with Gasteiger partial charge in [0, 0.05) is 25.2 Å². The van der Waals surface area contributed by atoms with Gasteiger partial charge in [-0.2, -0.15) is 0 Å². The first-order valence-corrected chi connectivity index (χ1v) is 18.7. The Kier molecular flexibility index (Phi) is 7.02. The quantitative estimate of drug-likeness (QED) is 0.181. The molecule has 5 aromatic heterocycles. The van der Waals surface area contributed by atoms with Crippen LogP contribution in [-0.4, -0.2) is 81.1 Å². The summed E-state index contributed by atoms with van der Waals surface area (Å²) in [6.07, 6.45) is 5.13. The van der Waals surface area contributed by atoms with Crippen molar-refractivity contribution < 1.29 is 36.7 Å². The predicted molar refractivity (Wildman–Crippen MR) is 158 cm³/mol. The summed E-state index contributed by atoms with van der Waals surface area (Å²) in [5.41, 5.74) is 8.49. The first-order chi connectivity index (χ1) is 21.1. The Hall–Kier alpha value is -2.64. The monoisotopic (exact) mass is 682 g/mol. The Balaban J connectivity index is 1.04. The summed E-state index contributed by atoms with van der Waals surface area (Å²) in [5, 5.41) is 0. The number of nitrogens with zero attached hydrogens (tertiary/aromatic N) is 9. The zero-order valence-corrected chi connectivity index (χ0v) is 26.0. The molecule has 8 atom stereocenters. The number of anilines is 1. The average Bonchev–Trinajstić information content (AvgIpc) is 3.79. The number of rotatable bonds is 2. The van der Waals surface area contributed by atoms with Gasteiger partial charge in [0.2, 0.25) is 0 Å². The van der Waals surface area contributed by atoms with Crippen LogP contribution in [0.1, 0.15) is 25.3 Å². The van der Waals surface area contributed by atoms with Crippen LogP contribution in [0.4, 0.5) is 5.82 Å². The number of nitrogen functional groups attached to an aromatic ring is 1. The van der Waals surface area contributed by atoms with E-state index in [0.29, 0.717) is 28.0 Å². The summed E-state index contributed by atoms with van der Waals surface area (Å²) in [7, 11) is 0. The van der Waals surface area contributed by atoms with Gasteiger partial charge in [-0.25, -0.2) is 39.0 Å². The summed E-state index contributed by atoms with van der Waals surface area (Å²) in [6.45, 7) is -8.46. The minimum atomic E-state index is -3.97. The molecule has 18 nitrogen and oxygen atoms in total. The number of hydrogen-bond acceptors (Lipinski definition) is 15. The summed E-state index contributed by atoms with van der Waals surface area (Å²) in [5.74, 6) is 0.210. The second kappa shape index (κ2) is 10.7. The van der Waals surface area contributed by atoms with Gasteiger partial charge in [-0.15, -0.1) is 0 Å². The lowest BCUT2D eigenvalue weighted by molar-refractivity contribution is -0.0535. The van der Waals surface area contributed by atoms with Gasteiger partial charge < -0.3 is 15.2 Å². The van der Waals surface area contributed by atoms with Crippen molar-refractivity contribution in [2.24, 2.45) is 0 Å². The smallest absolute Gasteiger partial charge is 0.382 e. The topological polar surface area (TPSA) is 207 Å². The van der Waals surface area contributed by atoms with Crippen molar-refractivity contribution in [3.8, 4) is 0 Å². The molecule has 0 spiro atoms. The van der Waals surface area contributed by atoms with Gasteiger partial charge in [-0.05, 0) is 0 Å². The van der Waals surface area contributed by atoms with Gasteiger partial charge in [0.05, 0.1) is 25.9 Å². The fraction of sp³-hybridized carbons (Fsp3) is 0.455. The van der Waals surface area contributed by atoms with Crippen LogP contribution in [-0.2, 0) is 36.7 Å². The highest BCUT2D eigenvalue weighted by molar-refractivity contribution is 8.44. The highest BCUT2D eigenvalue weighted by atomic mass is 32.7. The standard InChI is InChI=1S/C22H24N10O8P2S2/c23-19-17-21(26-7-25-19)31(9-27-17)15-3-11-13(37-15)5-35-42(34,44)40-12-4-16(38-14(12)6-36-41(33,43)39-11)32-10-28-18-20-24-1-2-30(20)8-29-22(18)32/h1-2,7-16H,3-6H2,(H,33,43)(H,34,44)(H2,23,25,26)/t11-,12-,13+,14+,15+,16+,41?,42?/m0/s1. The van der Waals surface area contributed by atoms with Gasteiger partial charge in [0.1, 0.15) is 55.0 Å². The molecule has 5 aromatic rings. The van der Waals surface area contributed by atoms with E-state index in [1.165, 1.54) is 12.7 Å². The van der Waals surface area contributed by atoms with Crippen molar-refractivity contribution in [2.75, 3.05) is 18.9 Å². The Bertz CT molecular complexity index is 1990. The maximum atomic E-state index is 13.4. The lowest BCUT2D eigenvalue weighted by Crippen LogP contribution is -2.31. The van der Waals surface area contributed by atoms with Gasteiger partial charge in [0.15, 0.2) is 28.3 Å². The van der Waals surface area contributed by atoms with E-state index in [0.717, 1.165) is 0 Å². The zero-order valence-electron chi connectivity index (χ0n) is 22.4. The Morgan fingerprint density at radius 3 is 1.95 bits per heavy atom. The van der Waals surface area contributed by atoms with Crippen LogP contribution in [0.2, 0.25) is 0 Å². The molecule has 0 saturated carbocycles. The molecule has 0 amide bonds. The van der Waals surface area contributed by atoms with Gasteiger partial charge in [-0.1, -0.05) is 24.5 Å².